The number of hydrogen-bond acceptors (Lipinski definition) is 6. The molecular formula is C20H38N4O5. The second-order valence-corrected chi connectivity index (χ2v) is 7.98. The van der Waals surface area contributed by atoms with E-state index in [0.29, 0.717) is 50.8 Å². The molecule has 1 rings (SSSR count). The zero-order chi connectivity index (χ0) is 23.0. The van der Waals surface area contributed by atoms with Gasteiger partial charge in [-0.25, -0.2) is 9.59 Å². The molecule has 29 heavy (non-hydrogen) atoms. The fraction of sp³-hybridized carbons (Fsp3) is 0.800. The summed E-state index contributed by atoms with van der Waals surface area (Å²) in [4.78, 5) is 36.6. The van der Waals surface area contributed by atoms with Crippen molar-refractivity contribution < 1.29 is 28.6 Å². The van der Waals surface area contributed by atoms with Gasteiger partial charge in [0.25, 0.3) is 0 Å². The van der Waals surface area contributed by atoms with Gasteiger partial charge in [-0.05, 0) is 27.7 Å². The molecule has 0 unspecified atom stereocenters. The maximum atomic E-state index is 11.5. The summed E-state index contributed by atoms with van der Waals surface area (Å²) in [5, 5.41) is 3.31. The van der Waals surface area contributed by atoms with Crippen molar-refractivity contribution in [1.29, 1.82) is 0 Å². The van der Waals surface area contributed by atoms with Crippen molar-refractivity contribution in [3.8, 4) is 0 Å². The van der Waals surface area contributed by atoms with Crippen LogP contribution in [0.1, 0.15) is 68.2 Å². The monoisotopic (exact) mass is 414 g/mol. The minimum atomic E-state index is -0.630. The molecule has 0 bridgehead atoms. The van der Waals surface area contributed by atoms with Crippen molar-refractivity contribution in [2.75, 3.05) is 19.7 Å². The molecule has 0 aromatic carbocycles. The Kier molecular flexibility index (Phi) is 15.6. The third-order valence-corrected chi connectivity index (χ3v) is 3.09. The van der Waals surface area contributed by atoms with Gasteiger partial charge in [-0.3, -0.25) is 4.79 Å². The van der Waals surface area contributed by atoms with Gasteiger partial charge in [-0.15, -0.1) is 0 Å². The van der Waals surface area contributed by atoms with Crippen molar-refractivity contribution in [2.24, 2.45) is 0 Å². The van der Waals surface area contributed by atoms with Crippen molar-refractivity contribution in [2.45, 2.75) is 85.9 Å². The van der Waals surface area contributed by atoms with E-state index < -0.39 is 11.6 Å². The van der Waals surface area contributed by atoms with Crippen LogP contribution in [0.4, 0.5) is 4.79 Å². The second-order valence-electron chi connectivity index (χ2n) is 7.98. The predicted molar refractivity (Wildman–Crippen MR) is 112 cm³/mol. The molecule has 9 heteroatoms. The van der Waals surface area contributed by atoms with E-state index in [0.717, 1.165) is 0 Å². The van der Waals surface area contributed by atoms with Crippen LogP contribution in [0.15, 0.2) is 0 Å². The normalized spacial score (nSPS) is 13.4. The molecule has 0 aromatic heterocycles. The van der Waals surface area contributed by atoms with Gasteiger partial charge >= 0.3 is 18.3 Å². The molecule has 0 saturated carbocycles. The van der Waals surface area contributed by atoms with E-state index >= 15 is 0 Å². The molecule has 1 heterocycles. The molecule has 0 aromatic rings. The standard InChI is InChI=1S/C10H17NO3.C6H15N.C4H6N2O2/c1-10(2,3)14-9(13)11-6-4-8(12)5-7-11;1-5(2)7-6(3)4;1-2-8-4(7)3-6-5/h4-7H2,1-3H3;5-7H,1-4H3;3H,2H2,1H3. The molecule has 0 radical (unpaired) electrons. The third-order valence-electron chi connectivity index (χ3n) is 3.09. The van der Waals surface area contributed by atoms with Gasteiger partial charge in [0.2, 0.25) is 0 Å². The number of piperidine rings is 1. The number of likely N-dealkylation sites (tertiary alicyclic amines) is 1. The van der Waals surface area contributed by atoms with E-state index in [1.54, 1.807) is 11.8 Å². The Labute approximate surface area is 174 Å². The maximum absolute atomic E-state index is 11.5. The fourth-order valence-electron chi connectivity index (χ4n) is 2.16. The van der Waals surface area contributed by atoms with Crippen LogP contribution in [0.25, 0.3) is 5.53 Å². The van der Waals surface area contributed by atoms with Crippen molar-refractivity contribution >= 4 is 24.1 Å². The van der Waals surface area contributed by atoms with Crippen LogP contribution in [0.3, 0.4) is 0 Å². The van der Waals surface area contributed by atoms with E-state index in [2.05, 4.69) is 42.5 Å². The number of Topliss-reactive ketones (excluding diaryl/α,β-unsaturated/α-hetero) is 1. The second kappa shape index (κ2) is 15.6. The lowest BCUT2D eigenvalue weighted by Crippen LogP contribution is -2.41. The first-order valence-electron chi connectivity index (χ1n) is 9.92. The molecule has 168 valence electrons. The smallest absolute Gasteiger partial charge is 0.413 e. The van der Waals surface area contributed by atoms with Crippen LogP contribution in [-0.2, 0) is 19.1 Å². The molecule has 1 amide bonds. The molecule has 1 fully saturated rings. The largest absolute Gasteiger partial charge is 0.458 e. The summed E-state index contributed by atoms with van der Waals surface area (Å²) in [6.45, 7) is 17.1. The number of rotatable bonds is 4. The highest BCUT2D eigenvalue weighted by atomic mass is 16.6. The first kappa shape index (κ1) is 29.0. The number of carbonyl (C=O) groups excluding carboxylic acids is 3. The first-order chi connectivity index (χ1) is 13.3. The Morgan fingerprint density at radius 1 is 1.17 bits per heavy atom. The van der Waals surface area contributed by atoms with Crippen LogP contribution in [-0.4, -0.2) is 71.1 Å². The molecule has 1 aliphatic rings. The number of hydrogen-bond donors (Lipinski definition) is 1. The highest BCUT2D eigenvalue weighted by Gasteiger charge is 2.25. The quantitative estimate of drug-likeness (QED) is 0.327. The first-order valence-corrected chi connectivity index (χ1v) is 9.92. The zero-order valence-corrected chi connectivity index (χ0v) is 19.2. The lowest BCUT2D eigenvalue weighted by atomic mass is 10.1. The van der Waals surface area contributed by atoms with E-state index in [1.807, 2.05) is 20.8 Å². The van der Waals surface area contributed by atoms with Gasteiger partial charge in [0.1, 0.15) is 11.4 Å². The average molecular weight is 415 g/mol. The average Bonchev–Trinajstić information content (AvgIpc) is 2.54. The SMILES string of the molecule is CC(C)(C)OC(=O)N1CCC(=O)CC1.CC(C)NC(C)C.CCOC(=O)C=[N+]=[N-]. The fourth-order valence-corrected chi connectivity index (χ4v) is 2.16. The summed E-state index contributed by atoms with van der Waals surface area (Å²) >= 11 is 0. The summed E-state index contributed by atoms with van der Waals surface area (Å²) in [5.74, 6) is -0.403. The zero-order valence-electron chi connectivity index (χ0n) is 19.2. The van der Waals surface area contributed by atoms with Gasteiger partial charge in [0.15, 0.2) is 0 Å². The molecule has 9 nitrogen and oxygen atoms in total. The number of ether oxygens (including phenoxy) is 2. The topological polar surface area (TPSA) is 121 Å². The van der Waals surface area contributed by atoms with Gasteiger partial charge in [-0.2, -0.15) is 4.79 Å². The molecule has 0 spiro atoms. The number of carbonyl (C=O) groups is 3. The predicted octanol–water partition coefficient (Wildman–Crippen LogP) is 2.83. The Hall–Kier alpha value is -2.25. The minimum Gasteiger partial charge on any atom is -0.458 e. The van der Waals surface area contributed by atoms with Crippen molar-refractivity contribution in [1.82, 2.24) is 10.2 Å². The van der Waals surface area contributed by atoms with Crippen LogP contribution in [0, 0.1) is 0 Å². The molecular weight excluding hydrogens is 376 g/mol. The van der Waals surface area contributed by atoms with Gasteiger partial charge in [0.05, 0.1) is 6.61 Å². The summed E-state index contributed by atoms with van der Waals surface area (Å²) in [5.41, 5.74) is 7.27. The van der Waals surface area contributed by atoms with E-state index in [9.17, 15) is 14.4 Å². The highest BCUT2D eigenvalue weighted by molar-refractivity contribution is 6.20. The van der Waals surface area contributed by atoms with Gasteiger partial charge < -0.3 is 25.2 Å². The van der Waals surface area contributed by atoms with E-state index in [1.165, 1.54) is 0 Å². The summed E-state index contributed by atoms with van der Waals surface area (Å²) in [7, 11) is 0. The number of amides is 1. The molecule has 0 aliphatic carbocycles. The summed E-state index contributed by atoms with van der Waals surface area (Å²) in [6, 6.07) is 1.25. The lowest BCUT2D eigenvalue weighted by Gasteiger charge is -2.29. The Morgan fingerprint density at radius 3 is 1.97 bits per heavy atom. The highest BCUT2D eigenvalue weighted by Crippen LogP contribution is 2.13. The number of esters is 1. The van der Waals surface area contributed by atoms with Crippen LogP contribution in [0.5, 0.6) is 0 Å². The van der Waals surface area contributed by atoms with Crippen molar-refractivity contribution in [3.63, 3.8) is 0 Å². The van der Waals surface area contributed by atoms with E-state index in [4.69, 9.17) is 10.3 Å². The van der Waals surface area contributed by atoms with Crippen LogP contribution >= 0.6 is 0 Å². The lowest BCUT2D eigenvalue weighted by molar-refractivity contribution is -0.138. The molecule has 1 N–H and O–H groups in total. The van der Waals surface area contributed by atoms with Crippen LogP contribution in [0.2, 0.25) is 0 Å². The third kappa shape index (κ3) is 20.3. The molecule has 1 saturated heterocycles. The van der Waals surface area contributed by atoms with Crippen LogP contribution < -0.4 is 5.32 Å². The Morgan fingerprint density at radius 2 is 1.66 bits per heavy atom. The molecule has 0 atom stereocenters. The number of ketones is 1. The maximum Gasteiger partial charge on any atom is 0.413 e. The Balaban J connectivity index is 0. The van der Waals surface area contributed by atoms with Crippen molar-refractivity contribution in [3.05, 3.63) is 5.53 Å². The number of nitrogens with zero attached hydrogens (tertiary/aromatic N) is 3. The summed E-state index contributed by atoms with van der Waals surface area (Å²) < 4.78 is 9.52. The van der Waals surface area contributed by atoms with Gasteiger partial charge in [0, 0.05) is 38.0 Å². The number of nitrogens with one attached hydrogen (secondary N) is 1. The van der Waals surface area contributed by atoms with E-state index in [-0.39, 0.29) is 11.9 Å². The minimum absolute atomic E-state index is 0.227. The Bertz CT molecular complexity index is 534. The summed E-state index contributed by atoms with van der Waals surface area (Å²) in [6.07, 6.45) is 1.30. The van der Waals surface area contributed by atoms with Gasteiger partial charge in [-0.1, -0.05) is 27.7 Å². The molecule has 1 aliphatic heterocycles.